The number of carbonyl (C=O) groups is 1. The summed E-state index contributed by atoms with van der Waals surface area (Å²) in [6.07, 6.45) is 2.96. The molecule has 0 radical (unpaired) electrons. The van der Waals surface area contributed by atoms with Crippen LogP contribution in [0.5, 0.6) is 17.2 Å². The molecule has 0 saturated heterocycles. The number of aromatic nitrogens is 1. The van der Waals surface area contributed by atoms with E-state index in [9.17, 15) is 13.6 Å². The molecule has 10 heteroatoms. The van der Waals surface area contributed by atoms with Crippen molar-refractivity contribution in [3.8, 4) is 34.6 Å². The Labute approximate surface area is 192 Å². The summed E-state index contributed by atoms with van der Waals surface area (Å²) in [5.74, 6) is 0.555. The highest BCUT2D eigenvalue weighted by atomic mass is 32.1. The number of ether oxygens (including phenoxy) is 3. The summed E-state index contributed by atoms with van der Waals surface area (Å²) < 4.78 is 39.5. The Bertz CT molecular complexity index is 1190. The van der Waals surface area contributed by atoms with E-state index in [-0.39, 0.29) is 18.3 Å². The second kappa shape index (κ2) is 11.1. The van der Waals surface area contributed by atoms with Gasteiger partial charge in [-0.05, 0) is 55.0 Å². The fourth-order valence-electron chi connectivity index (χ4n) is 2.85. The van der Waals surface area contributed by atoms with Crippen LogP contribution in [0.1, 0.15) is 10.4 Å². The lowest BCUT2D eigenvalue weighted by molar-refractivity contribution is -0.111. The van der Waals surface area contributed by atoms with Crippen LogP contribution in [0.4, 0.5) is 13.9 Å². The first-order valence-electron chi connectivity index (χ1n) is 9.59. The van der Waals surface area contributed by atoms with Crippen LogP contribution in [-0.2, 0) is 4.79 Å². The van der Waals surface area contributed by atoms with E-state index in [0.29, 0.717) is 33.5 Å². The van der Waals surface area contributed by atoms with Crippen LogP contribution in [0.15, 0.2) is 48.5 Å². The fraction of sp³-hybridized carbons (Fsp3) is 0.174. The number of hydrogen-bond donors (Lipinski definition) is 1. The topological polar surface area (TPSA) is 93.5 Å². The van der Waals surface area contributed by atoms with Gasteiger partial charge in [0.2, 0.25) is 5.91 Å². The summed E-state index contributed by atoms with van der Waals surface area (Å²) in [6.45, 7) is -1.14. The SMILES string of the molecule is COc1cc(/C=C/C(=O)Nc2nc(-c3ccc(OC(F)F)cc3)c(C)s2)ccc1OCC#N. The molecule has 1 heterocycles. The van der Waals surface area contributed by atoms with Crippen LogP contribution in [-0.4, -0.2) is 31.2 Å². The Morgan fingerprint density at radius 2 is 2.00 bits per heavy atom. The summed E-state index contributed by atoms with van der Waals surface area (Å²) in [7, 11) is 1.48. The fourth-order valence-corrected chi connectivity index (χ4v) is 3.69. The molecule has 0 atom stereocenters. The second-order valence-corrected chi connectivity index (χ2v) is 7.71. The largest absolute Gasteiger partial charge is 0.493 e. The number of benzene rings is 2. The zero-order valence-corrected chi connectivity index (χ0v) is 18.5. The summed E-state index contributed by atoms with van der Waals surface area (Å²) in [5.41, 5.74) is 2.06. The first kappa shape index (κ1) is 23.7. The van der Waals surface area contributed by atoms with Gasteiger partial charge in [0.05, 0.1) is 12.8 Å². The summed E-state index contributed by atoms with van der Waals surface area (Å²) in [5, 5.41) is 11.7. The minimum Gasteiger partial charge on any atom is -0.493 e. The zero-order valence-electron chi connectivity index (χ0n) is 17.7. The number of thiazole rings is 1. The van der Waals surface area contributed by atoms with Gasteiger partial charge in [-0.1, -0.05) is 6.07 Å². The van der Waals surface area contributed by atoms with Gasteiger partial charge < -0.3 is 14.2 Å². The highest BCUT2D eigenvalue weighted by molar-refractivity contribution is 7.16. The molecule has 0 aliphatic carbocycles. The van der Waals surface area contributed by atoms with Crippen LogP contribution in [0.25, 0.3) is 17.3 Å². The lowest BCUT2D eigenvalue weighted by atomic mass is 10.1. The smallest absolute Gasteiger partial charge is 0.387 e. The van der Waals surface area contributed by atoms with Crippen LogP contribution in [0.2, 0.25) is 0 Å². The molecule has 3 aromatic rings. The number of hydrogen-bond acceptors (Lipinski definition) is 7. The van der Waals surface area contributed by atoms with Crippen molar-refractivity contribution in [3.63, 3.8) is 0 Å². The number of nitriles is 1. The standard InChI is InChI=1S/C23H19F2N3O4S/c1-14-21(16-5-7-17(8-6-16)32-22(24)25)28-23(33-14)27-20(29)10-4-15-3-9-18(31-12-11-26)19(13-15)30-2/h3-10,13,22H,12H2,1-2H3,(H,27,28,29)/b10-4+. The van der Waals surface area contributed by atoms with E-state index < -0.39 is 6.61 Å². The van der Waals surface area contributed by atoms with Gasteiger partial charge >= 0.3 is 6.61 Å². The Kier molecular flexibility index (Phi) is 7.94. The Morgan fingerprint density at radius 3 is 2.67 bits per heavy atom. The summed E-state index contributed by atoms with van der Waals surface area (Å²) >= 11 is 1.30. The summed E-state index contributed by atoms with van der Waals surface area (Å²) in [6, 6.07) is 13.1. The number of methoxy groups -OCH3 is 1. The molecular formula is C23H19F2N3O4S. The van der Waals surface area contributed by atoms with Crippen molar-refractivity contribution in [3.05, 3.63) is 59.0 Å². The van der Waals surface area contributed by atoms with Gasteiger partial charge in [0.25, 0.3) is 0 Å². The third-order valence-electron chi connectivity index (χ3n) is 4.29. The van der Waals surface area contributed by atoms with Crippen molar-refractivity contribution in [2.75, 3.05) is 19.0 Å². The molecule has 33 heavy (non-hydrogen) atoms. The molecule has 0 bridgehead atoms. The van der Waals surface area contributed by atoms with E-state index in [1.54, 1.807) is 36.4 Å². The first-order chi connectivity index (χ1) is 15.9. The maximum atomic E-state index is 12.3. The van der Waals surface area contributed by atoms with Gasteiger partial charge in [-0.2, -0.15) is 14.0 Å². The Balaban J connectivity index is 1.66. The number of anilines is 1. The van der Waals surface area contributed by atoms with Gasteiger partial charge in [-0.3, -0.25) is 10.1 Å². The van der Waals surface area contributed by atoms with Crippen LogP contribution in [0, 0.1) is 18.3 Å². The number of rotatable bonds is 9. The minimum atomic E-state index is -2.89. The van der Waals surface area contributed by atoms with Crippen LogP contribution in [0.3, 0.4) is 0 Å². The third-order valence-corrected chi connectivity index (χ3v) is 5.17. The summed E-state index contributed by atoms with van der Waals surface area (Å²) in [4.78, 5) is 17.6. The second-order valence-electron chi connectivity index (χ2n) is 6.51. The van der Waals surface area contributed by atoms with E-state index in [2.05, 4.69) is 15.0 Å². The molecule has 0 unspecified atom stereocenters. The molecule has 3 rings (SSSR count). The number of halogens is 2. The van der Waals surface area contributed by atoms with Gasteiger partial charge in [0, 0.05) is 16.5 Å². The molecular weight excluding hydrogens is 452 g/mol. The van der Waals surface area contributed by atoms with Crippen molar-refractivity contribution >= 4 is 28.5 Å². The maximum Gasteiger partial charge on any atom is 0.387 e. The van der Waals surface area contributed by atoms with Gasteiger partial charge in [-0.15, -0.1) is 11.3 Å². The molecule has 1 N–H and O–H groups in total. The average molecular weight is 471 g/mol. The third kappa shape index (κ3) is 6.51. The van der Waals surface area contributed by atoms with Crippen LogP contribution < -0.4 is 19.5 Å². The molecule has 1 aromatic heterocycles. The molecule has 0 aliphatic heterocycles. The van der Waals surface area contributed by atoms with Gasteiger partial charge in [-0.25, -0.2) is 4.98 Å². The van der Waals surface area contributed by atoms with Crippen LogP contribution >= 0.6 is 11.3 Å². The lowest BCUT2D eigenvalue weighted by Gasteiger charge is -2.08. The van der Waals surface area contributed by atoms with E-state index in [1.165, 1.54) is 36.7 Å². The average Bonchev–Trinajstić information content (AvgIpc) is 3.16. The predicted molar refractivity (Wildman–Crippen MR) is 121 cm³/mol. The number of carbonyl (C=O) groups excluding carboxylic acids is 1. The minimum absolute atomic E-state index is 0.0570. The monoisotopic (exact) mass is 471 g/mol. The molecule has 0 spiro atoms. The first-order valence-corrected chi connectivity index (χ1v) is 10.4. The van der Waals surface area contributed by atoms with E-state index >= 15 is 0 Å². The molecule has 1 amide bonds. The quantitative estimate of drug-likeness (QED) is 0.427. The predicted octanol–water partition coefficient (Wildman–Crippen LogP) is 5.28. The molecule has 2 aromatic carbocycles. The van der Waals surface area contributed by atoms with Gasteiger partial charge in [0.1, 0.15) is 11.8 Å². The normalized spacial score (nSPS) is 10.8. The molecule has 0 aliphatic rings. The zero-order chi connectivity index (χ0) is 23.8. The van der Waals surface area contributed by atoms with Crippen molar-refractivity contribution in [1.82, 2.24) is 4.98 Å². The molecule has 0 fully saturated rings. The van der Waals surface area contributed by atoms with Crippen molar-refractivity contribution in [2.45, 2.75) is 13.5 Å². The van der Waals surface area contributed by atoms with Crippen molar-refractivity contribution in [1.29, 1.82) is 5.26 Å². The number of nitrogens with zero attached hydrogens (tertiary/aromatic N) is 2. The van der Waals surface area contributed by atoms with E-state index in [1.807, 2.05) is 13.0 Å². The number of aryl methyl sites for hydroxylation is 1. The maximum absolute atomic E-state index is 12.3. The van der Waals surface area contributed by atoms with E-state index in [4.69, 9.17) is 14.7 Å². The molecule has 7 nitrogen and oxygen atoms in total. The highest BCUT2D eigenvalue weighted by Crippen LogP contribution is 2.32. The van der Waals surface area contributed by atoms with Crippen molar-refractivity contribution < 1.29 is 27.8 Å². The highest BCUT2D eigenvalue weighted by Gasteiger charge is 2.12. The number of amides is 1. The lowest BCUT2D eigenvalue weighted by Crippen LogP contribution is -2.07. The van der Waals surface area contributed by atoms with Gasteiger partial charge in [0.15, 0.2) is 23.2 Å². The molecule has 170 valence electrons. The number of nitrogens with one attached hydrogen (secondary N) is 1. The number of alkyl halides is 2. The molecule has 0 saturated carbocycles. The van der Waals surface area contributed by atoms with E-state index in [0.717, 1.165) is 4.88 Å². The Morgan fingerprint density at radius 1 is 1.24 bits per heavy atom. The van der Waals surface area contributed by atoms with Crippen molar-refractivity contribution in [2.24, 2.45) is 0 Å². The Hall–Kier alpha value is -3.97.